The molecule has 0 saturated heterocycles. The van der Waals surface area contributed by atoms with Crippen LogP contribution in [-0.2, 0) is 6.42 Å². The van der Waals surface area contributed by atoms with Crippen molar-refractivity contribution in [2.45, 2.75) is 8.56 Å². The van der Waals surface area contributed by atoms with Crippen LogP contribution >= 0.6 is 79.6 Å². The first kappa shape index (κ1) is 14.4. The van der Waals surface area contributed by atoms with Crippen LogP contribution < -0.4 is 0 Å². The minimum Gasteiger partial charge on any atom is -0.0622 e. The molecule has 0 aromatic heterocycles. The van der Waals surface area contributed by atoms with Crippen LogP contribution in [-0.4, -0.2) is 2.14 Å². The first-order valence-electron chi connectivity index (χ1n) is 4.06. The highest BCUT2D eigenvalue weighted by Gasteiger charge is 2.24. The first-order chi connectivity index (χ1) is 6.91. The van der Waals surface area contributed by atoms with Crippen LogP contribution in [0.1, 0.15) is 5.56 Å². The van der Waals surface area contributed by atoms with E-state index in [0.717, 1.165) is 15.4 Å². The highest BCUT2D eigenvalue weighted by molar-refractivity contribution is 9.40. The van der Waals surface area contributed by atoms with E-state index in [2.05, 4.69) is 91.8 Å². The van der Waals surface area contributed by atoms with Crippen LogP contribution in [0, 0.1) is 0 Å². The standard InChI is InChI=1S/C10H7Br5/c11-8(9(12)10(13,14)15)6-7-4-2-1-3-5-7/h1-5H,6H2. The zero-order valence-corrected chi connectivity index (χ0v) is 15.4. The Hall–Kier alpha value is 1.36. The Morgan fingerprint density at radius 2 is 1.53 bits per heavy atom. The summed E-state index contributed by atoms with van der Waals surface area (Å²) in [6.07, 6.45) is 0.853. The lowest BCUT2D eigenvalue weighted by Gasteiger charge is -2.13. The molecule has 0 unspecified atom stereocenters. The molecule has 1 rings (SSSR count). The Kier molecular flexibility index (Phi) is 6.09. The molecular weight excluding hydrogens is 520 g/mol. The van der Waals surface area contributed by atoms with Gasteiger partial charge in [-0.15, -0.1) is 0 Å². The van der Waals surface area contributed by atoms with Crippen LogP contribution in [0.2, 0.25) is 0 Å². The van der Waals surface area contributed by atoms with Crippen molar-refractivity contribution in [3.05, 3.63) is 44.9 Å². The molecule has 0 aliphatic heterocycles. The quantitative estimate of drug-likeness (QED) is 0.411. The van der Waals surface area contributed by atoms with Gasteiger partial charge in [0.05, 0.1) is 0 Å². The zero-order chi connectivity index (χ0) is 11.5. The predicted molar refractivity (Wildman–Crippen MR) is 84.5 cm³/mol. The minimum atomic E-state index is -0.402. The number of benzene rings is 1. The molecular formula is C10H7Br5. The van der Waals surface area contributed by atoms with Crippen LogP contribution in [0.5, 0.6) is 0 Å². The van der Waals surface area contributed by atoms with E-state index in [4.69, 9.17) is 0 Å². The molecule has 15 heavy (non-hydrogen) atoms. The summed E-state index contributed by atoms with van der Waals surface area (Å²) < 4.78 is 1.67. The van der Waals surface area contributed by atoms with Gasteiger partial charge in [-0.2, -0.15) is 0 Å². The average Bonchev–Trinajstić information content (AvgIpc) is 2.16. The van der Waals surface area contributed by atoms with Gasteiger partial charge in [-0.1, -0.05) is 110 Å². The zero-order valence-electron chi connectivity index (χ0n) is 7.48. The van der Waals surface area contributed by atoms with E-state index in [1.807, 2.05) is 18.2 Å². The summed E-state index contributed by atoms with van der Waals surface area (Å²) in [6.45, 7) is 0. The van der Waals surface area contributed by atoms with Gasteiger partial charge in [-0.05, 0) is 5.56 Å². The maximum Gasteiger partial charge on any atom is 0.167 e. The summed E-state index contributed by atoms with van der Waals surface area (Å²) in [5.41, 5.74) is 1.26. The number of hydrogen-bond donors (Lipinski definition) is 0. The van der Waals surface area contributed by atoms with Crippen molar-refractivity contribution in [3.8, 4) is 0 Å². The molecule has 0 fully saturated rings. The molecule has 0 heterocycles. The van der Waals surface area contributed by atoms with E-state index in [9.17, 15) is 0 Å². The summed E-state index contributed by atoms with van der Waals surface area (Å²) in [6, 6.07) is 10.3. The van der Waals surface area contributed by atoms with Crippen molar-refractivity contribution in [3.63, 3.8) is 0 Å². The summed E-state index contributed by atoms with van der Waals surface area (Å²) >= 11 is 17.4. The fourth-order valence-corrected chi connectivity index (χ4v) is 3.28. The molecule has 0 aliphatic carbocycles. The topological polar surface area (TPSA) is 0 Å². The molecule has 5 heteroatoms. The van der Waals surface area contributed by atoms with Crippen molar-refractivity contribution in [1.29, 1.82) is 0 Å². The Morgan fingerprint density at radius 3 is 2.00 bits per heavy atom. The summed E-state index contributed by atoms with van der Waals surface area (Å²) in [5.74, 6) is 0. The maximum atomic E-state index is 3.56. The van der Waals surface area contributed by atoms with E-state index in [0.29, 0.717) is 0 Å². The smallest absolute Gasteiger partial charge is 0.0622 e. The largest absolute Gasteiger partial charge is 0.167 e. The number of halogens is 5. The second-order valence-electron chi connectivity index (χ2n) is 2.88. The van der Waals surface area contributed by atoms with E-state index in [-0.39, 0.29) is 0 Å². The molecule has 0 spiro atoms. The van der Waals surface area contributed by atoms with Gasteiger partial charge in [-0.25, -0.2) is 0 Å². The number of hydrogen-bond acceptors (Lipinski definition) is 0. The number of rotatable bonds is 2. The van der Waals surface area contributed by atoms with Gasteiger partial charge < -0.3 is 0 Å². The molecule has 0 saturated carbocycles. The second kappa shape index (κ2) is 6.34. The molecule has 0 atom stereocenters. The van der Waals surface area contributed by atoms with E-state index in [1.165, 1.54) is 5.56 Å². The van der Waals surface area contributed by atoms with Gasteiger partial charge in [-0.3, -0.25) is 0 Å². The number of alkyl halides is 3. The SMILES string of the molecule is BrC(Cc1ccccc1)=C(Br)C(Br)(Br)Br. The Labute approximate surface area is 132 Å². The molecule has 0 bridgehead atoms. The monoisotopic (exact) mass is 522 g/mol. The lowest BCUT2D eigenvalue weighted by molar-refractivity contribution is 1.24. The Morgan fingerprint density at radius 1 is 1.00 bits per heavy atom. The van der Waals surface area contributed by atoms with Crippen molar-refractivity contribution in [1.82, 2.24) is 0 Å². The fourth-order valence-electron chi connectivity index (χ4n) is 1.01. The van der Waals surface area contributed by atoms with E-state index in [1.54, 1.807) is 0 Å². The van der Waals surface area contributed by atoms with Crippen LogP contribution in [0.15, 0.2) is 39.3 Å². The molecule has 0 nitrogen and oxygen atoms in total. The first-order valence-corrected chi connectivity index (χ1v) is 8.03. The second-order valence-corrected chi connectivity index (χ2v) is 11.4. The maximum absolute atomic E-state index is 3.56. The van der Waals surface area contributed by atoms with Crippen molar-refractivity contribution in [2.24, 2.45) is 0 Å². The summed E-state index contributed by atoms with van der Waals surface area (Å²) in [7, 11) is 0. The van der Waals surface area contributed by atoms with E-state index < -0.39 is 2.14 Å². The molecule has 0 aliphatic rings. The van der Waals surface area contributed by atoms with E-state index >= 15 is 0 Å². The number of allylic oxidation sites excluding steroid dienone is 2. The Balaban J connectivity index is 2.84. The third kappa shape index (κ3) is 5.02. The predicted octanol–water partition coefficient (Wildman–Crippen LogP) is 6.07. The van der Waals surface area contributed by atoms with Gasteiger partial charge >= 0.3 is 0 Å². The molecule has 0 amide bonds. The van der Waals surface area contributed by atoms with Crippen molar-refractivity contribution < 1.29 is 0 Å². The van der Waals surface area contributed by atoms with Crippen LogP contribution in [0.25, 0.3) is 0 Å². The van der Waals surface area contributed by atoms with Gasteiger partial charge in [0.15, 0.2) is 2.14 Å². The molecule has 0 radical (unpaired) electrons. The molecule has 82 valence electrons. The van der Waals surface area contributed by atoms with Crippen LogP contribution in [0.4, 0.5) is 0 Å². The minimum absolute atomic E-state index is 0.402. The van der Waals surface area contributed by atoms with Crippen LogP contribution in [0.3, 0.4) is 0 Å². The van der Waals surface area contributed by atoms with Crippen molar-refractivity contribution >= 4 is 79.6 Å². The van der Waals surface area contributed by atoms with Gasteiger partial charge in [0.25, 0.3) is 0 Å². The molecule has 0 N–H and O–H groups in total. The fraction of sp³-hybridized carbons (Fsp3) is 0.200. The highest BCUT2D eigenvalue weighted by Crippen LogP contribution is 2.46. The highest BCUT2D eigenvalue weighted by atomic mass is 80.0. The third-order valence-electron chi connectivity index (χ3n) is 1.69. The molecule has 1 aromatic rings. The Bertz CT molecular complexity index is 350. The lowest BCUT2D eigenvalue weighted by Crippen LogP contribution is -2.01. The summed E-state index contributed by atoms with van der Waals surface area (Å²) in [4.78, 5) is 0. The third-order valence-corrected chi connectivity index (χ3v) is 6.76. The average molecular weight is 527 g/mol. The van der Waals surface area contributed by atoms with Gasteiger partial charge in [0.2, 0.25) is 0 Å². The summed E-state index contributed by atoms with van der Waals surface area (Å²) in [5, 5.41) is 0. The van der Waals surface area contributed by atoms with Gasteiger partial charge in [0.1, 0.15) is 0 Å². The normalized spacial score (nSPS) is 13.7. The van der Waals surface area contributed by atoms with Gasteiger partial charge in [0, 0.05) is 15.4 Å². The molecule has 1 aromatic carbocycles. The lowest BCUT2D eigenvalue weighted by atomic mass is 10.1. The van der Waals surface area contributed by atoms with Crippen molar-refractivity contribution in [2.75, 3.05) is 0 Å².